The molecule has 0 saturated carbocycles. The second-order valence-corrected chi connectivity index (χ2v) is 6.79. The molecule has 0 aliphatic rings. The highest BCUT2D eigenvalue weighted by molar-refractivity contribution is 6.31. The van der Waals surface area contributed by atoms with Crippen molar-refractivity contribution in [1.82, 2.24) is 9.38 Å². The number of imidazole rings is 1. The number of ether oxygens (including phenoxy) is 1. The molecule has 0 atom stereocenters. The van der Waals surface area contributed by atoms with Gasteiger partial charge in [-0.05, 0) is 61.0 Å². The zero-order valence-corrected chi connectivity index (χ0v) is 16.0. The van der Waals surface area contributed by atoms with Gasteiger partial charge in [0.05, 0.1) is 5.69 Å². The van der Waals surface area contributed by atoms with E-state index in [4.69, 9.17) is 16.3 Å². The molecule has 28 heavy (non-hydrogen) atoms. The molecule has 2 heterocycles. The Morgan fingerprint density at radius 2 is 1.93 bits per heavy atom. The Morgan fingerprint density at radius 3 is 2.71 bits per heavy atom. The number of anilines is 1. The second-order valence-electron chi connectivity index (χ2n) is 6.38. The van der Waals surface area contributed by atoms with Crippen LogP contribution in [0.5, 0.6) is 5.75 Å². The molecular weight excluding hydrogens is 374 g/mol. The number of benzene rings is 2. The molecule has 4 rings (SSSR count). The lowest BCUT2D eigenvalue weighted by atomic mass is 10.1. The quantitative estimate of drug-likeness (QED) is 0.513. The Hall–Kier alpha value is -3.31. The lowest BCUT2D eigenvalue weighted by molar-refractivity contribution is 0.102. The fraction of sp³-hybridized carbons (Fsp3) is 0.0909. The summed E-state index contributed by atoms with van der Waals surface area (Å²) < 4.78 is 7.73. The van der Waals surface area contributed by atoms with Gasteiger partial charge in [-0.25, -0.2) is 4.98 Å². The summed E-state index contributed by atoms with van der Waals surface area (Å²) in [5.41, 5.74) is 3.79. The van der Waals surface area contributed by atoms with Crippen molar-refractivity contribution in [3.63, 3.8) is 0 Å². The van der Waals surface area contributed by atoms with Gasteiger partial charge < -0.3 is 14.5 Å². The van der Waals surface area contributed by atoms with Gasteiger partial charge in [-0.3, -0.25) is 4.79 Å². The number of carbonyl (C=O) groups is 1. The average molecular weight is 392 g/mol. The normalized spacial score (nSPS) is 10.8. The number of carbonyl (C=O) groups excluding carboxylic acids is 1. The highest BCUT2D eigenvalue weighted by Crippen LogP contribution is 2.24. The smallest absolute Gasteiger partial charge is 0.255 e. The Bertz CT molecular complexity index is 1100. The van der Waals surface area contributed by atoms with E-state index in [1.807, 2.05) is 48.0 Å². The number of fused-ring (bicyclic) bond motifs is 1. The van der Waals surface area contributed by atoms with Gasteiger partial charge in [0.25, 0.3) is 5.91 Å². The molecule has 0 saturated heterocycles. The van der Waals surface area contributed by atoms with E-state index >= 15 is 0 Å². The maximum absolute atomic E-state index is 12.5. The first-order valence-electron chi connectivity index (χ1n) is 8.82. The highest BCUT2D eigenvalue weighted by Gasteiger charge is 2.09. The van der Waals surface area contributed by atoms with Crippen molar-refractivity contribution in [3.05, 3.63) is 94.9 Å². The molecule has 1 amide bonds. The third-order valence-corrected chi connectivity index (χ3v) is 4.84. The molecular formula is C22H18ClN3O2. The summed E-state index contributed by atoms with van der Waals surface area (Å²) in [5, 5.41) is 3.50. The van der Waals surface area contributed by atoms with Crippen LogP contribution in [0.25, 0.3) is 5.65 Å². The summed E-state index contributed by atoms with van der Waals surface area (Å²) in [7, 11) is 0. The number of pyridine rings is 1. The summed E-state index contributed by atoms with van der Waals surface area (Å²) in [5.74, 6) is 0.477. The number of hydrogen-bond donors (Lipinski definition) is 1. The van der Waals surface area contributed by atoms with Crippen LogP contribution < -0.4 is 10.1 Å². The summed E-state index contributed by atoms with van der Waals surface area (Å²) in [6.45, 7) is 2.23. The van der Waals surface area contributed by atoms with Crippen molar-refractivity contribution >= 4 is 28.8 Å². The van der Waals surface area contributed by atoms with Crippen LogP contribution in [0.4, 0.5) is 5.69 Å². The van der Waals surface area contributed by atoms with Gasteiger partial charge in [0.1, 0.15) is 18.0 Å². The molecule has 0 aliphatic heterocycles. The zero-order chi connectivity index (χ0) is 19.5. The molecule has 5 nitrogen and oxygen atoms in total. The summed E-state index contributed by atoms with van der Waals surface area (Å²) in [6, 6.07) is 18.3. The van der Waals surface area contributed by atoms with E-state index in [2.05, 4.69) is 10.3 Å². The van der Waals surface area contributed by atoms with Crippen molar-refractivity contribution in [3.8, 4) is 5.75 Å². The number of nitrogens with one attached hydrogen (secondary N) is 1. The van der Waals surface area contributed by atoms with Gasteiger partial charge in [0.15, 0.2) is 0 Å². The SMILES string of the molecule is Cc1c(Cl)cccc1NC(=O)c1ccc(OCc2cn3ccccc3n2)cc1. The Labute approximate surface area is 167 Å². The molecule has 0 radical (unpaired) electrons. The standard InChI is InChI=1S/C22H18ClN3O2/c1-15-19(23)5-4-6-20(15)25-22(27)16-8-10-18(11-9-16)28-14-17-13-26-12-3-2-7-21(26)24-17/h2-13H,14H2,1H3,(H,25,27). The minimum Gasteiger partial charge on any atom is -0.487 e. The molecule has 0 spiro atoms. The van der Waals surface area contributed by atoms with E-state index in [0.29, 0.717) is 28.6 Å². The van der Waals surface area contributed by atoms with Crippen LogP contribution in [0.3, 0.4) is 0 Å². The van der Waals surface area contributed by atoms with E-state index in [1.54, 1.807) is 36.4 Å². The Kier molecular flexibility index (Phi) is 5.00. The van der Waals surface area contributed by atoms with E-state index in [1.165, 1.54) is 0 Å². The first kappa shape index (κ1) is 18.1. The molecule has 140 valence electrons. The van der Waals surface area contributed by atoms with Crippen LogP contribution >= 0.6 is 11.6 Å². The van der Waals surface area contributed by atoms with E-state index < -0.39 is 0 Å². The van der Waals surface area contributed by atoms with Crippen LogP contribution in [0, 0.1) is 6.92 Å². The van der Waals surface area contributed by atoms with Crippen LogP contribution in [0.2, 0.25) is 5.02 Å². The lowest BCUT2D eigenvalue weighted by Crippen LogP contribution is -2.12. The summed E-state index contributed by atoms with van der Waals surface area (Å²) in [6.07, 6.45) is 3.88. The van der Waals surface area contributed by atoms with Crippen molar-refractivity contribution in [2.45, 2.75) is 13.5 Å². The van der Waals surface area contributed by atoms with Gasteiger partial charge in [-0.2, -0.15) is 0 Å². The number of aromatic nitrogens is 2. The molecule has 0 fully saturated rings. The van der Waals surface area contributed by atoms with E-state index in [9.17, 15) is 4.79 Å². The minimum absolute atomic E-state index is 0.197. The molecule has 0 bridgehead atoms. The lowest BCUT2D eigenvalue weighted by Gasteiger charge is -2.10. The first-order valence-corrected chi connectivity index (χ1v) is 9.20. The number of nitrogens with zero attached hydrogens (tertiary/aromatic N) is 2. The van der Waals surface area contributed by atoms with Crippen molar-refractivity contribution in [2.24, 2.45) is 0 Å². The van der Waals surface area contributed by atoms with Crippen molar-refractivity contribution in [1.29, 1.82) is 0 Å². The number of hydrogen-bond acceptors (Lipinski definition) is 3. The molecule has 2 aromatic heterocycles. The Balaban J connectivity index is 1.40. The number of halogens is 1. The largest absolute Gasteiger partial charge is 0.487 e. The zero-order valence-electron chi connectivity index (χ0n) is 15.2. The monoisotopic (exact) mass is 391 g/mol. The van der Waals surface area contributed by atoms with Crippen LogP contribution in [0.15, 0.2) is 73.1 Å². The number of amides is 1. The highest BCUT2D eigenvalue weighted by atomic mass is 35.5. The van der Waals surface area contributed by atoms with E-state index in [-0.39, 0.29) is 5.91 Å². The van der Waals surface area contributed by atoms with Gasteiger partial charge >= 0.3 is 0 Å². The predicted molar refractivity (Wildman–Crippen MR) is 110 cm³/mol. The van der Waals surface area contributed by atoms with E-state index in [0.717, 1.165) is 16.9 Å². The minimum atomic E-state index is -0.197. The van der Waals surface area contributed by atoms with Crippen LogP contribution in [-0.2, 0) is 6.61 Å². The number of rotatable bonds is 5. The van der Waals surface area contributed by atoms with Gasteiger partial charge in [-0.15, -0.1) is 0 Å². The van der Waals surface area contributed by atoms with Crippen molar-refractivity contribution < 1.29 is 9.53 Å². The molecule has 4 aromatic rings. The summed E-state index contributed by atoms with van der Waals surface area (Å²) >= 11 is 6.10. The maximum Gasteiger partial charge on any atom is 0.255 e. The molecule has 1 N–H and O–H groups in total. The van der Waals surface area contributed by atoms with Gasteiger partial charge in [-0.1, -0.05) is 23.7 Å². The topological polar surface area (TPSA) is 55.6 Å². The maximum atomic E-state index is 12.5. The van der Waals surface area contributed by atoms with Crippen LogP contribution in [0.1, 0.15) is 21.6 Å². The van der Waals surface area contributed by atoms with Crippen molar-refractivity contribution in [2.75, 3.05) is 5.32 Å². The third-order valence-electron chi connectivity index (χ3n) is 4.43. The fourth-order valence-electron chi connectivity index (χ4n) is 2.85. The molecule has 2 aromatic carbocycles. The average Bonchev–Trinajstić information content (AvgIpc) is 3.13. The molecule has 6 heteroatoms. The third kappa shape index (κ3) is 3.85. The van der Waals surface area contributed by atoms with Gasteiger partial charge in [0, 0.05) is 28.7 Å². The second kappa shape index (κ2) is 7.74. The van der Waals surface area contributed by atoms with Crippen LogP contribution in [-0.4, -0.2) is 15.3 Å². The molecule has 0 unspecified atom stereocenters. The fourth-order valence-corrected chi connectivity index (χ4v) is 3.03. The summed E-state index contributed by atoms with van der Waals surface area (Å²) in [4.78, 5) is 17.0. The Morgan fingerprint density at radius 1 is 1.11 bits per heavy atom. The van der Waals surface area contributed by atoms with Gasteiger partial charge in [0.2, 0.25) is 0 Å². The predicted octanol–water partition coefficient (Wildman–Crippen LogP) is 5.13. The molecule has 0 aliphatic carbocycles. The first-order chi connectivity index (χ1) is 13.6.